The standard InChI is InChI=1S/C22H21NO4/c1-25-19-11-7-8-17(16-19)23-22(24)20-12-5-6-13-21(20)27-15-14-26-18-9-3-2-4-10-18/h2-13,16H,14-15H2,1H3,(H,23,24). The fourth-order valence-corrected chi connectivity index (χ4v) is 2.51. The van der Waals surface area contributed by atoms with Crippen molar-refractivity contribution in [2.75, 3.05) is 25.6 Å². The van der Waals surface area contributed by atoms with E-state index in [4.69, 9.17) is 14.2 Å². The van der Waals surface area contributed by atoms with Gasteiger partial charge in [-0.25, -0.2) is 0 Å². The average molecular weight is 363 g/mol. The second-order valence-electron chi connectivity index (χ2n) is 5.69. The third-order valence-electron chi connectivity index (χ3n) is 3.81. The molecule has 5 nitrogen and oxygen atoms in total. The van der Waals surface area contributed by atoms with Crippen LogP contribution in [0, 0.1) is 0 Å². The molecule has 0 heterocycles. The predicted molar refractivity (Wildman–Crippen MR) is 105 cm³/mol. The number of rotatable bonds is 8. The Morgan fingerprint density at radius 2 is 1.52 bits per heavy atom. The highest BCUT2D eigenvalue weighted by Gasteiger charge is 2.12. The van der Waals surface area contributed by atoms with Crippen molar-refractivity contribution in [3.63, 3.8) is 0 Å². The molecule has 5 heteroatoms. The largest absolute Gasteiger partial charge is 0.497 e. The van der Waals surface area contributed by atoms with E-state index in [0.717, 1.165) is 5.75 Å². The molecule has 0 radical (unpaired) electrons. The molecule has 0 fully saturated rings. The van der Waals surface area contributed by atoms with Crippen LogP contribution in [-0.2, 0) is 0 Å². The minimum Gasteiger partial charge on any atom is -0.497 e. The van der Waals surface area contributed by atoms with Crippen molar-refractivity contribution in [1.29, 1.82) is 0 Å². The second-order valence-corrected chi connectivity index (χ2v) is 5.69. The number of nitrogens with one attached hydrogen (secondary N) is 1. The molecule has 138 valence electrons. The van der Waals surface area contributed by atoms with Crippen molar-refractivity contribution in [2.45, 2.75) is 0 Å². The molecule has 1 amide bonds. The Labute approximate surface area is 158 Å². The molecule has 3 rings (SSSR count). The molecule has 0 aliphatic carbocycles. The van der Waals surface area contributed by atoms with E-state index in [2.05, 4.69) is 5.32 Å². The molecule has 0 bridgehead atoms. The van der Waals surface area contributed by atoms with Crippen LogP contribution in [0.15, 0.2) is 78.9 Å². The molecule has 0 spiro atoms. The first kappa shape index (κ1) is 18.3. The summed E-state index contributed by atoms with van der Waals surface area (Å²) in [4.78, 5) is 12.6. The second kappa shape index (κ2) is 9.29. The zero-order valence-corrected chi connectivity index (χ0v) is 15.1. The summed E-state index contributed by atoms with van der Waals surface area (Å²) in [6.45, 7) is 0.716. The molecule has 0 atom stereocenters. The van der Waals surface area contributed by atoms with Gasteiger partial charge in [-0.1, -0.05) is 36.4 Å². The van der Waals surface area contributed by atoms with Crippen molar-refractivity contribution in [3.8, 4) is 17.2 Å². The number of ether oxygens (including phenoxy) is 3. The van der Waals surface area contributed by atoms with Crippen molar-refractivity contribution >= 4 is 11.6 Å². The van der Waals surface area contributed by atoms with Gasteiger partial charge in [0.05, 0.1) is 12.7 Å². The molecule has 3 aromatic rings. The van der Waals surface area contributed by atoms with Gasteiger partial charge in [0.15, 0.2) is 0 Å². The first-order valence-electron chi connectivity index (χ1n) is 8.61. The Hall–Kier alpha value is -3.47. The van der Waals surface area contributed by atoms with Gasteiger partial charge in [-0.05, 0) is 36.4 Å². The van der Waals surface area contributed by atoms with Crippen LogP contribution in [0.1, 0.15) is 10.4 Å². The van der Waals surface area contributed by atoms with Crippen molar-refractivity contribution in [1.82, 2.24) is 0 Å². The van der Waals surface area contributed by atoms with E-state index in [-0.39, 0.29) is 5.91 Å². The molecular formula is C22H21NO4. The van der Waals surface area contributed by atoms with Crippen LogP contribution in [-0.4, -0.2) is 26.2 Å². The molecule has 0 saturated carbocycles. The predicted octanol–water partition coefficient (Wildman–Crippen LogP) is 4.41. The summed E-state index contributed by atoms with van der Waals surface area (Å²) in [5, 5.41) is 2.86. The highest BCUT2D eigenvalue weighted by Crippen LogP contribution is 2.22. The quantitative estimate of drug-likeness (QED) is 0.603. The maximum absolute atomic E-state index is 12.6. The SMILES string of the molecule is COc1cccc(NC(=O)c2ccccc2OCCOc2ccccc2)c1. The number of hydrogen-bond acceptors (Lipinski definition) is 4. The van der Waals surface area contributed by atoms with Gasteiger partial charge in [-0.15, -0.1) is 0 Å². The van der Waals surface area contributed by atoms with Gasteiger partial charge >= 0.3 is 0 Å². The van der Waals surface area contributed by atoms with Crippen LogP contribution in [0.25, 0.3) is 0 Å². The summed E-state index contributed by atoms with van der Waals surface area (Å²) in [7, 11) is 1.58. The molecule has 3 aromatic carbocycles. The smallest absolute Gasteiger partial charge is 0.259 e. The number of carbonyl (C=O) groups is 1. The van der Waals surface area contributed by atoms with Gasteiger partial charge in [-0.2, -0.15) is 0 Å². The molecule has 0 saturated heterocycles. The van der Waals surface area contributed by atoms with Gasteiger partial charge in [0.1, 0.15) is 30.5 Å². The Kier molecular flexibility index (Phi) is 6.30. The first-order valence-corrected chi connectivity index (χ1v) is 8.61. The number of benzene rings is 3. The highest BCUT2D eigenvalue weighted by atomic mass is 16.5. The normalized spacial score (nSPS) is 10.1. The molecule has 1 N–H and O–H groups in total. The lowest BCUT2D eigenvalue weighted by atomic mass is 10.2. The van der Waals surface area contributed by atoms with E-state index >= 15 is 0 Å². The molecule has 0 aliphatic rings. The van der Waals surface area contributed by atoms with E-state index in [9.17, 15) is 4.79 Å². The van der Waals surface area contributed by atoms with E-state index in [0.29, 0.717) is 36.0 Å². The van der Waals surface area contributed by atoms with Crippen LogP contribution >= 0.6 is 0 Å². The van der Waals surface area contributed by atoms with Gasteiger partial charge in [-0.3, -0.25) is 4.79 Å². The highest BCUT2D eigenvalue weighted by molar-refractivity contribution is 6.06. The third kappa shape index (κ3) is 5.25. The van der Waals surface area contributed by atoms with E-state index in [1.54, 1.807) is 37.4 Å². The lowest BCUT2D eigenvalue weighted by molar-refractivity contribution is 0.102. The lowest BCUT2D eigenvalue weighted by Crippen LogP contribution is -2.15. The minimum absolute atomic E-state index is 0.247. The summed E-state index contributed by atoms with van der Waals surface area (Å²) in [5.74, 6) is 1.72. The molecule has 27 heavy (non-hydrogen) atoms. The maximum Gasteiger partial charge on any atom is 0.259 e. The average Bonchev–Trinajstić information content (AvgIpc) is 2.72. The maximum atomic E-state index is 12.6. The van der Waals surface area contributed by atoms with Gasteiger partial charge in [0.2, 0.25) is 0 Å². The Morgan fingerprint density at radius 1 is 0.815 bits per heavy atom. The first-order chi connectivity index (χ1) is 13.3. The number of para-hydroxylation sites is 2. The molecule has 0 unspecified atom stereocenters. The van der Waals surface area contributed by atoms with Crippen molar-refractivity contribution in [2.24, 2.45) is 0 Å². The van der Waals surface area contributed by atoms with Gasteiger partial charge < -0.3 is 19.5 Å². The Morgan fingerprint density at radius 3 is 2.33 bits per heavy atom. The number of methoxy groups -OCH3 is 1. The lowest BCUT2D eigenvalue weighted by Gasteiger charge is -2.12. The van der Waals surface area contributed by atoms with Crippen molar-refractivity contribution < 1.29 is 19.0 Å². The molecule has 0 aromatic heterocycles. The fraction of sp³-hybridized carbons (Fsp3) is 0.136. The van der Waals surface area contributed by atoms with E-state index < -0.39 is 0 Å². The number of anilines is 1. The van der Waals surface area contributed by atoms with Gasteiger partial charge in [0.25, 0.3) is 5.91 Å². The zero-order valence-electron chi connectivity index (χ0n) is 15.1. The number of hydrogen-bond donors (Lipinski definition) is 1. The van der Waals surface area contributed by atoms with Crippen LogP contribution in [0.4, 0.5) is 5.69 Å². The van der Waals surface area contributed by atoms with Crippen LogP contribution in [0.2, 0.25) is 0 Å². The van der Waals surface area contributed by atoms with Crippen LogP contribution < -0.4 is 19.5 Å². The third-order valence-corrected chi connectivity index (χ3v) is 3.81. The van der Waals surface area contributed by atoms with Crippen LogP contribution in [0.3, 0.4) is 0 Å². The fourth-order valence-electron chi connectivity index (χ4n) is 2.51. The van der Waals surface area contributed by atoms with Crippen LogP contribution in [0.5, 0.6) is 17.2 Å². The summed E-state index contributed by atoms with van der Waals surface area (Å²) in [5.41, 5.74) is 1.11. The summed E-state index contributed by atoms with van der Waals surface area (Å²) in [6, 6.07) is 23.8. The summed E-state index contributed by atoms with van der Waals surface area (Å²) in [6.07, 6.45) is 0. The molecular weight excluding hydrogens is 342 g/mol. The minimum atomic E-state index is -0.247. The zero-order chi connectivity index (χ0) is 18.9. The van der Waals surface area contributed by atoms with E-state index in [1.165, 1.54) is 0 Å². The van der Waals surface area contributed by atoms with Gasteiger partial charge in [0, 0.05) is 11.8 Å². The topological polar surface area (TPSA) is 56.8 Å². The summed E-state index contributed by atoms with van der Waals surface area (Å²) < 4.78 is 16.5. The number of carbonyl (C=O) groups excluding carboxylic acids is 1. The molecule has 0 aliphatic heterocycles. The number of amides is 1. The van der Waals surface area contributed by atoms with Crippen molar-refractivity contribution in [3.05, 3.63) is 84.4 Å². The van der Waals surface area contributed by atoms with E-state index in [1.807, 2.05) is 48.5 Å². The Balaban J connectivity index is 1.60. The summed E-state index contributed by atoms with van der Waals surface area (Å²) >= 11 is 0. The monoisotopic (exact) mass is 363 g/mol. The Bertz CT molecular complexity index is 880.